The minimum Gasteiger partial charge on any atom is -0.354 e. The first kappa shape index (κ1) is 13.7. The summed E-state index contributed by atoms with van der Waals surface area (Å²) >= 11 is 0. The summed E-state index contributed by atoms with van der Waals surface area (Å²) in [7, 11) is -3.18. The summed E-state index contributed by atoms with van der Waals surface area (Å²) in [6.07, 6.45) is 1.57. The van der Waals surface area contributed by atoms with Crippen LogP contribution in [-0.4, -0.2) is 52.3 Å². The van der Waals surface area contributed by atoms with E-state index in [0.29, 0.717) is 13.0 Å². The van der Waals surface area contributed by atoms with E-state index < -0.39 is 16.1 Å². The van der Waals surface area contributed by atoms with Gasteiger partial charge in [-0.25, -0.2) is 17.9 Å². The Kier molecular flexibility index (Phi) is 4.70. The van der Waals surface area contributed by atoms with E-state index in [0.717, 1.165) is 6.26 Å². The molecular formula is C8H16N4O4S. The topological polar surface area (TPSA) is 116 Å². The third-order valence-corrected chi connectivity index (χ3v) is 2.83. The number of carbonyl (C=O) groups excluding carboxylic acids is 2. The molecule has 0 aliphatic carbocycles. The molecule has 8 nitrogen and oxygen atoms in total. The zero-order valence-electron chi connectivity index (χ0n) is 9.45. The Balaban J connectivity index is 2.10. The zero-order chi connectivity index (χ0) is 12.9. The molecule has 0 aromatic heterocycles. The molecule has 1 rings (SSSR count). The summed E-state index contributed by atoms with van der Waals surface area (Å²) in [6.45, 7) is 0.897. The molecule has 0 radical (unpaired) electrons. The highest BCUT2D eigenvalue weighted by Gasteiger charge is 2.25. The van der Waals surface area contributed by atoms with Gasteiger partial charge < -0.3 is 16.0 Å². The van der Waals surface area contributed by atoms with Gasteiger partial charge in [-0.1, -0.05) is 0 Å². The Morgan fingerprint density at radius 3 is 2.71 bits per heavy atom. The summed E-state index contributed by atoms with van der Waals surface area (Å²) in [4.78, 5) is 22.2. The van der Waals surface area contributed by atoms with E-state index in [1.807, 2.05) is 0 Å². The quantitative estimate of drug-likeness (QED) is 0.404. The minimum atomic E-state index is -3.18. The van der Waals surface area contributed by atoms with E-state index in [9.17, 15) is 18.0 Å². The molecule has 9 heteroatoms. The Labute approximate surface area is 99.6 Å². The first-order chi connectivity index (χ1) is 7.88. The van der Waals surface area contributed by atoms with Gasteiger partial charge in [0, 0.05) is 19.6 Å². The maximum Gasteiger partial charge on any atom is 0.315 e. The van der Waals surface area contributed by atoms with Gasteiger partial charge in [0.1, 0.15) is 6.04 Å². The third kappa shape index (κ3) is 5.50. The smallest absolute Gasteiger partial charge is 0.315 e. The molecular weight excluding hydrogens is 248 g/mol. The van der Waals surface area contributed by atoms with Gasteiger partial charge in [0.05, 0.1) is 6.26 Å². The first-order valence-corrected chi connectivity index (χ1v) is 7.04. The van der Waals surface area contributed by atoms with Crippen molar-refractivity contribution in [1.29, 1.82) is 0 Å². The van der Waals surface area contributed by atoms with Crippen molar-refractivity contribution < 1.29 is 18.0 Å². The van der Waals surface area contributed by atoms with Crippen molar-refractivity contribution in [2.45, 2.75) is 12.5 Å². The molecule has 1 saturated heterocycles. The van der Waals surface area contributed by atoms with Crippen LogP contribution in [0.4, 0.5) is 4.79 Å². The SMILES string of the molecule is CS(=O)(=O)NCCCNC(=O)C1CNC(=O)N1. The molecule has 0 aromatic rings. The molecule has 4 N–H and O–H groups in total. The second-order valence-electron chi connectivity index (χ2n) is 3.72. The molecule has 0 bridgehead atoms. The van der Waals surface area contributed by atoms with Gasteiger partial charge in [-0.3, -0.25) is 4.79 Å². The van der Waals surface area contributed by atoms with Crippen molar-refractivity contribution in [3.63, 3.8) is 0 Å². The predicted molar refractivity (Wildman–Crippen MR) is 60.8 cm³/mol. The second-order valence-corrected chi connectivity index (χ2v) is 5.55. The van der Waals surface area contributed by atoms with Crippen LogP contribution in [0.15, 0.2) is 0 Å². The average molecular weight is 264 g/mol. The van der Waals surface area contributed by atoms with Crippen LogP contribution in [-0.2, 0) is 14.8 Å². The predicted octanol–water partition coefficient (Wildman–Crippen LogP) is -2.28. The van der Waals surface area contributed by atoms with Crippen LogP contribution in [0.25, 0.3) is 0 Å². The number of sulfonamides is 1. The number of nitrogens with one attached hydrogen (secondary N) is 4. The van der Waals surface area contributed by atoms with Crippen molar-refractivity contribution >= 4 is 22.0 Å². The Morgan fingerprint density at radius 1 is 1.47 bits per heavy atom. The van der Waals surface area contributed by atoms with Crippen LogP contribution in [0.3, 0.4) is 0 Å². The lowest BCUT2D eigenvalue weighted by atomic mass is 10.3. The van der Waals surface area contributed by atoms with Crippen LogP contribution < -0.4 is 20.7 Å². The number of rotatable bonds is 6. The summed E-state index contributed by atoms with van der Waals surface area (Å²) < 4.78 is 23.7. The summed E-state index contributed by atoms with van der Waals surface area (Å²) in [6, 6.07) is -0.908. The van der Waals surface area contributed by atoms with E-state index in [1.165, 1.54) is 0 Å². The van der Waals surface area contributed by atoms with Crippen LogP contribution in [0.1, 0.15) is 6.42 Å². The highest BCUT2D eigenvalue weighted by atomic mass is 32.2. The standard InChI is InChI=1S/C8H16N4O4S/c1-17(15,16)11-4-2-3-9-7(13)6-5-10-8(14)12-6/h6,11H,2-5H2,1H3,(H,9,13)(H2,10,12,14). The monoisotopic (exact) mass is 264 g/mol. The minimum absolute atomic E-state index is 0.270. The normalized spacial score (nSPS) is 19.6. The Bertz CT molecular complexity index is 394. The lowest BCUT2D eigenvalue weighted by molar-refractivity contribution is -0.122. The molecule has 17 heavy (non-hydrogen) atoms. The molecule has 1 aliphatic rings. The van der Waals surface area contributed by atoms with E-state index in [-0.39, 0.29) is 25.0 Å². The van der Waals surface area contributed by atoms with Gasteiger partial charge in [0.15, 0.2) is 0 Å². The van der Waals surface area contributed by atoms with E-state index in [4.69, 9.17) is 0 Å². The van der Waals surface area contributed by atoms with E-state index >= 15 is 0 Å². The van der Waals surface area contributed by atoms with Crippen LogP contribution in [0.5, 0.6) is 0 Å². The first-order valence-electron chi connectivity index (χ1n) is 5.15. The number of hydrogen-bond acceptors (Lipinski definition) is 4. The van der Waals surface area contributed by atoms with Crippen LogP contribution >= 0.6 is 0 Å². The van der Waals surface area contributed by atoms with Gasteiger partial charge in [-0.05, 0) is 6.42 Å². The fourth-order valence-corrected chi connectivity index (χ4v) is 1.81. The second kappa shape index (κ2) is 5.82. The molecule has 1 aliphatic heterocycles. The fourth-order valence-electron chi connectivity index (χ4n) is 1.29. The highest BCUT2D eigenvalue weighted by Crippen LogP contribution is 1.90. The van der Waals surface area contributed by atoms with E-state index in [2.05, 4.69) is 20.7 Å². The molecule has 1 atom stereocenters. The van der Waals surface area contributed by atoms with Gasteiger partial charge in [-0.15, -0.1) is 0 Å². The number of hydrogen-bond donors (Lipinski definition) is 4. The van der Waals surface area contributed by atoms with Crippen molar-refractivity contribution in [3.05, 3.63) is 0 Å². The lowest BCUT2D eigenvalue weighted by Crippen LogP contribution is -2.43. The molecule has 1 fully saturated rings. The van der Waals surface area contributed by atoms with Crippen molar-refractivity contribution in [2.24, 2.45) is 0 Å². The van der Waals surface area contributed by atoms with Gasteiger partial charge >= 0.3 is 6.03 Å². The van der Waals surface area contributed by atoms with Crippen molar-refractivity contribution in [2.75, 3.05) is 25.9 Å². The molecule has 0 spiro atoms. The fraction of sp³-hybridized carbons (Fsp3) is 0.750. The van der Waals surface area contributed by atoms with Gasteiger partial charge in [-0.2, -0.15) is 0 Å². The highest BCUT2D eigenvalue weighted by molar-refractivity contribution is 7.88. The molecule has 98 valence electrons. The van der Waals surface area contributed by atoms with Gasteiger partial charge in [0.25, 0.3) is 0 Å². The van der Waals surface area contributed by atoms with Crippen molar-refractivity contribution in [3.8, 4) is 0 Å². The van der Waals surface area contributed by atoms with Crippen LogP contribution in [0, 0.1) is 0 Å². The molecule has 0 saturated carbocycles. The van der Waals surface area contributed by atoms with Crippen LogP contribution in [0.2, 0.25) is 0 Å². The lowest BCUT2D eigenvalue weighted by Gasteiger charge is -2.09. The summed E-state index contributed by atoms with van der Waals surface area (Å²) in [5.74, 6) is -0.275. The summed E-state index contributed by atoms with van der Waals surface area (Å²) in [5.41, 5.74) is 0. The molecule has 1 unspecified atom stereocenters. The largest absolute Gasteiger partial charge is 0.354 e. The van der Waals surface area contributed by atoms with Crippen molar-refractivity contribution in [1.82, 2.24) is 20.7 Å². The molecule has 1 heterocycles. The van der Waals surface area contributed by atoms with E-state index in [1.54, 1.807) is 0 Å². The Morgan fingerprint density at radius 2 is 2.18 bits per heavy atom. The maximum atomic E-state index is 11.4. The zero-order valence-corrected chi connectivity index (χ0v) is 10.3. The number of carbonyl (C=O) groups is 2. The number of amides is 3. The summed E-state index contributed by atoms with van der Waals surface area (Å²) in [5, 5.41) is 7.52. The average Bonchev–Trinajstić information content (AvgIpc) is 2.62. The Hall–Kier alpha value is -1.35. The number of urea groups is 1. The maximum absolute atomic E-state index is 11.4. The molecule has 0 aromatic carbocycles. The third-order valence-electron chi connectivity index (χ3n) is 2.11. The molecule has 3 amide bonds. The van der Waals surface area contributed by atoms with Gasteiger partial charge in [0.2, 0.25) is 15.9 Å².